The molecule has 3 nitrogen and oxygen atoms in total. The third kappa shape index (κ3) is 3.54. The van der Waals surface area contributed by atoms with Crippen molar-refractivity contribution in [2.45, 2.75) is 6.61 Å². The third-order valence-electron chi connectivity index (χ3n) is 2.49. The molecule has 0 radical (unpaired) electrons. The maximum absolute atomic E-state index is 13.0. The molecule has 2 aromatic carbocycles. The van der Waals surface area contributed by atoms with E-state index in [9.17, 15) is 9.18 Å². The molecule has 5 heteroatoms. The lowest BCUT2D eigenvalue weighted by atomic mass is 10.1. The van der Waals surface area contributed by atoms with Crippen LogP contribution in [0.3, 0.4) is 0 Å². The average molecular weight is 325 g/mol. The van der Waals surface area contributed by atoms with E-state index >= 15 is 0 Å². The van der Waals surface area contributed by atoms with E-state index in [1.807, 2.05) is 0 Å². The average Bonchev–Trinajstić information content (AvgIpc) is 2.40. The molecule has 0 spiro atoms. The number of carbonyl (C=O) groups is 1. The molecule has 0 aliphatic heterocycles. The summed E-state index contributed by atoms with van der Waals surface area (Å²) in [5.74, 6) is -0.943. The lowest BCUT2D eigenvalue weighted by molar-refractivity contribution is 0.0697. The van der Waals surface area contributed by atoms with Gasteiger partial charge in [0.15, 0.2) is 0 Å². The summed E-state index contributed by atoms with van der Waals surface area (Å²) in [6, 6.07) is 10.5. The van der Waals surface area contributed by atoms with Crippen molar-refractivity contribution in [1.82, 2.24) is 0 Å². The number of rotatable bonds is 4. The smallest absolute Gasteiger partial charge is 0.335 e. The molecule has 2 rings (SSSR count). The molecule has 0 aliphatic rings. The fourth-order valence-corrected chi connectivity index (χ4v) is 1.85. The lowest BCUT2D eigenvalue weighted by Crippen LogP contribution is -1.99. The number of hydrogen-bond donors (Lipinski definition) is 1. The van der Waals surface area contributed by atoms with Crippen molar-refractivity contribution >= 4 is 21.9 Å². The molecule has 0 heterocycles. The van der Waals surface area contributed by atoms with Crippen LogP contribution in [0.1, 0.15) is 15.9 Å². The van der Waals surface area contributed by atoms with Gasteiger partial charge < -0.3 is 9.84 Å². The second-order valence-corrected chi connectivity index (χ2v) is 4.72. The van der Waals surface area contributed by atoms with Crippen molar-refractivity contribution in [3.63, 3.8) is 0 Å². The predicted molar refractivity (Wildman–Crippen MR) is 71.8 cm³/mol. The molecule has 0 saturated heterocycles. The van der Waals surface area contributed by atoms with Gasteiger partial charge in [0.2, 0.25) is 0 Å². The zero-order valence-electron chi connectivity index (χ0n) is 9.77. The highest BCUT2D eigenvalue weighted by molar-refractivity contribution is 9.10. The normalized spacial score (nSPS) is 10.2. The van der Waals surface area contributed by atoms with Gasteiger partial charge in [0.25, 0.3) is 0 Å². The summed E-state index contributed by atoms with van der Waals surface area (Å²) < 4.78 is 19.2. The summed E-state index contributed by atoms with van der Waals surface area (Å²) in [5.41, 5.74) is 1.02. The quantitative estimate of drug-likeness (QED) is 0.928. The maximum atomic E-state index is 13.0. The largest absolute Gasteiger partial charge is 0.488 e. The van der Waals surface area contributed by atoms with Crippen molar-refractivity contribution < 1.29 is 19.0 Å². The molecular formula is C14H10BrFO3. The summed E-state index contributed by atoms with van der Waals surface area (Å²) in [4.78, 5) is 10.7. The van der Waals surface area contributed by atoms with Crippen molar-refractivity contribution in [1.29, 1.82) is 0 Å². The molecule has 0 atom stereocenters. The standard InChI is InChI=1S/C14H10BrFO3/c15-12-6-5-11(16)7-13(12)19-8-9-1-3-10(4-2-9)14(17)18/h1-7H,8H2,(H,17,18). The zero-order valence-corrected chi connectivity index (χ0v) is 11.4. The number of hydrogen-bond acceptors (Lipinski definition) is 2. The van der Waals surface area contributed by atoms with E-state index in [4.69, 9.17) is 9.84 Å². The Morgan fingerprint density at radius 2 is 1.89 bits per heavy atom. The molecule has 0 aromatic heterocycles. The van der Waals surface area contributed by atoms with Gasteiger partial charge in [-0.15, -0.1) is 0 Å². The van der Waals surface area contributed by atoms with E-state index in [1.54, 1.807) is 18.2 Å². The highest BCUT2D eigenvalue weighted by Crippen LogP contribution is 2.26. The van der Waals surface area contributed by atoms with Crippen LogP contribution in [-0.4, -0.2) is 11.1 Å². The Balaban J connectivity index is 2.06. The van der Waals surface area contributed by atoms with Gasteiger partial charge in [0, 0.05) is 6.07 Å². The first-order valence-electron chi connectivity index (χ1n) is 5.46. The second-order valence-electron chi connectivity index (χ2n) is 3.87. The SMILES string of the molecule is O=C(O)c1ccc(COc2cc(F)ccc2Br)cc1. The van der Waals surface area contributed by atoms with Gasteiger partial charge in [-0.1, -0.05) is 12.1 Å². The topological polar surface area (TPSA) is 46.5 Å². The van der Waals surface area contributed by atoms with E-state index in [1.165, 1.54) is 24.3 Å². The minimum Gasteiger partial charge on any atom is -0.488 e. The summed E-state index contributed by atoms with van der Waals surface area (Å²) in [7, 11) is 0. The van der Waals surface area contributed by atoms with Crippen LogP contribution in [-0.2, 0) is 6.61 Å². The molecule has 98 valence electrons. The monoisotopic (exact) mass is 324 g/mol. The Hall–Kier alpha value is -1.88. The Kier molecular flexibility index (Phi) is 4.16. The molecule has 0 saturated carbocycles. The summed E-state index contributed by atoms with van der Waals surface area (Å²) in [6.07, 6.45) is 0. The van der Waals surface area contributed by atoms with Crippen LogP contribution in [0, 0.1) is 5.82 Å². The summed E-state index contributed by atoms with van der Waals surface area (Å²) >= 11 is 3.27. The van der Waals surface area contributed by atoms with Crippen LogP contribution >= 0.6 is 15.9 Å². The lowest BCUT2D eigenvalue weighted by Gasteiger charge is -2.08. The molecule has 0 fully saturated rings. The Bertz CT molecular complexity index is 596. The van der Waals surface area contributed by atoms with Gasteiger partial charge in [-0.3, -0.25) is 0 Å². The van der Waals surface area contributed by atoms with Gasteiger partial charge in [0.05, 0.1) is 10.0 Å². The van der Waals surface area contributed by atoms with Crippen molar-refractivity contribution in [2.24, 2.45) is 0 Å². The van der Waals surface area contributed by atoms with Gasteiger partial charge in [-0.25, -0.2) is 9.18 Å². The van der Waals surface area contributed by atoms with Crippen molar-refractivity contribution in [2.75, 3.05) is 0 Å². The van der Waals surface area contributed by atoms with Crippen LogP contribution in [0.15, 0.2) is 46.9 Å². The number of carboxylic acid groups (broad SMARTS) is 1. The number of ether oxygens (including phenoxy) is 1. The minimum atomic E-state index is -0.972. The van der Waals surface area contributed by atoms with E-state index in [-0.39, 0.29) is 18.0 Å². The van der Waals surface area contributed by atoms with Crippen LogP contribution < -0.4 is 4.74 Å². The maximum Gasteiger partial charge on any atom is 0.335 e. The summed E-state index contributed by atoms with van der Waals surface area (Å²) in [5, 5.41) is 8.77. The van der Waals surface area contributed by atoms with Crippen LogP contribution in [0.2, 0.25) is 0 Å². The van der Waals surface area contributed by atoms with E-state index in [0.29, 0.717) is 10.2 Å². The molecular weight excluding hydrogens is 315 g/mol. The minimum absolute atomic E-state index is 0.218. The molecule has 0 unspecified atom stereocenters. The first-order chi connectivity index (χ1) is 9.06. The molecule has 19 heavy (non-hydrogen) atoms. The predicted octanol–water partition coefficient (Wildman–Crippen LogP) is 3.87. The van der Waals surface area contributed by atoms with Crippen molar-refractivity contribution in [3.05, 3.63) is 63.9 Å². The molecule has 0 aliphatic carbocycles. The first-order valence-corrected chi connectivity index (χ1v) is 6.25. The van der Waals surface area contributed by atoms with Crippen molar-refractivity contribution in [3.8, 4) is 5.75 Å². The van der Waals surface area contributed by atoms with Crippen LogP contribution in [0.25, 0.3) is 0 Å². The van der Waals surface area contributed by atoms with E-state index in [0.717, 1.165) is 5.56 Å². The molecule has 0 amide bonds. The number of aromatic carboxylic acids is 1. The highest BCUT2D eigenvalue weighted by Gasteiger charge is 2.05. The Labute approximate surface area is 117 Å². The zero-order chi connectivity index (χ0) is 13.8. The Morgan fingerprint density at radius 3 is 2.53 bits per heavy atom. The Morgan fingerprint density at radius 1 is 1.21 bits per heavy atom. The highest BCUT2D eigenvalue weighted by atomic mass is 79.9. The third-order valence-corrected chi connectivity index (χ3v) is 3.14. The van der Waals surface area contributed by atoms with Gasteiger partial charge >= 0.3 is 5.97 Å². The molecule has 0 bridgehead atoms. The molecule has 1 N–H and O–H groups in total. The van der Waals surface area contributed by atoms with E-state index in [2.05, 4.69) is 15.9 Å². The van der Waals surface area contributed by atoms with Gasteiger partial charge in [0.1, 0.15) is 18.2 Å². The fourth-order valence-electron chi connectivity index (χ4n) is 1.49. The van der Waals surface area contributed by atoms with Gasteiger partial charge in [-0.2, -0.15) is 0 Å². The number of halogens is 2. The first kappa shape index (κ1) is 13.5. The van der Waals surface area contributed by atoms with Crippen LogP contribution in [0.4, 0.5) is 4.39 Å². The second kappa shape index (κ2) is 5.84. The number of carboxylic acids is 1. The number of benzene rings is 2. The van der Waals surface area contributed by atoms with Crippen LogP contribution in [0.5, 0.6) is 5.75 Å². The van der Waals surface area contributed by atoms with Gasteiger partial charge in [-0.05, 0) is 45.8 Å². The fraction of sp³-hybridized carbons (Fsp3) is 0.0714. The van der Waals surface area contributed by atoms with E-state index < -0.39 is 5.97 Å². The summed E-state index contributed by atoms with van der Waals surface area (Å²) in [6.45, 7) is 0.238. The molecule has 2 aromatic rings.